The Hall–Kier alpha value is -1.58. The van der Waals surface area contributed by atoms with Crippen LogP contribution in [-0.2, 0) is 6.54 Å². The fraction of sp³-hybridized carbons (Fsp3) is 0.267. The lowest BCUT2D eigenvalue weighted by atomic mass is 10.2. The summed E-state index contributed by atoms with van der Waals surface area (Å²) >= 11 is 5.99. The highest BCUT2D eigenvalue weighted by Gasteiger charge is 2.05. The van der Waals surface area contributed by atoms with Crippen LogP contribution >= 0.6 is 11.6 Å². The fourth-order valence-corrected chi connectivity index (χ4v) is 1.94. The van der Waals surface area contributed by atoms with Gasteiger partial charge in [0.1, 0.15) is 5.75 Å². The molecule has 1 N–H and O–H groups in total. The molecule has 0 amide bonds. The minimum atomic E-state index is 0.626. The Kier molecular flexibility index (Phi) is 4.40. The normalized spacial score (nSPS) is 10.5. The highest BCUT2D eigenvalue weighted by Crippen LogP contribution is 2.26. The van der Waals surface area contributed by atoms with Crippen LogP contribution in [0.15, 0.2) is 30.5 Å². The van der Waals surface area contributed by atoms with Gasteiger partial charge in [-0.15, -0.1) is 0 Å². The van der Waals surface area contributed by atoms with Gasteiger partial charge < -0.3 is 10.1 Å². The number of benzene rings is 1. The van der Waals surface area contributed by atoms with Crippen molar-refractivity contribution in [2.24, 2.45) is 0 Å². The molecular weight excluding hydrogens is 260 g/mol. The van der Waals surface area contributed by atoms with Gasteiger partial charge in [0, 0.05) is 23.3 Å². The van der Waals surface area contributed by atoms with E-state index in [0.29, 0.717) is 5.88 Å². The van der Waals surface area contributed by atoms with Crippen molar-refractivity contribution in [2.45, 2.75) is 20.4 Å². The average molecular weight is 277 g/mol. The Morgan fingerprint density at radius 2 is 2.00 bits per heavy atom. The molecule has 1 heterocycles. The predicted octanol–water partition coefficient (Wildman–Crippen LogP) is 3.86. The highest BCUT2D eigenvalue weighted by atomic mass is 35.5. The Balaban J connectivity index is 2.20. The van der Waals surface area contributed by atoms with Crippen LogP contribution in [0.1, 0.15) is 16.7 Å². The van der Waals surface area contributed by atoms with Crippen LogP contribution in [0.5, 0.6) is 11.6 Å². The van der Waals surface area contributed by atoms with Gasteiger partial charge >= 0.3 is 0 Å². The molecule has 2 rings (SSSR count). The van der Waals surface area contributed by atoms with Gasteiger partial charge in [-0.2, -0.15) is 0 Å². The number of ether oxygens (including phenoxy) is 1. The summed E-state index contributed by atoms with van der Waals surface area (Å²) in [6, 6.07) is 7.65. The van der Waals surface area contributed by atoms with E-state index in [1.54, 1.807) is 0 Å². The Bertz CT molecular complexity index is 584. The number of nitrogens with zero attached hydrogens (tertiary/aromatic N) is 1. The molecule has 100 valence electrons. The molecule has 3 nitrogen and oxygen atoms in total. The van der Waals surface area contributed by atoms with E-state index in [1.807, 2.05) is 45.3 Å². The Labute approximate surface area is 118 Å². The summed E-state index contributed by atoms with van der Waals surface area (Å²) in [5.74, 6) is 1.38. The van der Waals surface area contributed by atoms with E-state index >= 15 is 0 Å². The summed E-state index contributed by atoms with van der Waals surface area (Å²) in [5.41, 5.74) is 3.14. The van der Waals surface area contributed by atoms with Gasteiger partial charge in [0.2, 0.25) is 5.88 Å². The number of pyridine rings is 1. The number of rotatable bonds is 4. The van der Waals surface area contributed by atoms with Crippen molar-refractivity contribution in [2.75, 3.05) is 7.05 Å². The number of aryl methyl sites for hydroxylation is 2. The molecule has 1 aromatic heterocycles. The Morgan fingerprint density at radius 3 is 2.63 bits per heavy atom. The van der Waals surface area contributed by atoms with Gasteiger partial charge in [-0.25, -0.2) is 4.98 Å². The van der Waals surface area contributed by atoms with Crippen molar-refractivity contribution in [3.8, 4) is 11.6 Å². The van der Waals surface area contributed by atoms with Gasteiger partial charge in [0.05, 0.1) is 0 Å². The first-order valence-corrected chi connectivity index (χ1v) is 6.52. The highest BCUT2D eigenvalue weighted by molar-refractivity contribution is 6.31. The summed E-state index contributed by atoms with van der Waals surface area (Å²) in [4.78, 5) is 4.35. The lowest BCUT2D eigenvalue weighted by molar-refractivity contribution is 0.458. The van der Waals surface area contributed by atoms with Gasteiger partial charge in [-0.3, -0.25) is 0 Å². The molecular formula is C15H17ClN2O. The summed E-state index contributed by atoms with van der Waals surface area (Å²) in [7, 11) is 1.91. The lowest BCUT2D eigenvalue weighted by Gasteiger charge is -2.10. The quantitative estimate of drug-likeness (QED) is 0.921. The van der Waals surface area contributed by atoms with E-state index in [1.165, 1.54) is 0 Å². The number of aromatic nitrogens is 1. The fourth-order valence-electron chi connectivity index (χ4n) is 1.82. The smallest absolute Gasteiger partial charge is 0.222 e. The second-order valence-corrected chi connectivity index (χ2v) is 4.92. The van der Waals surface area contributed by atoms with Gasteiger partial charge in [0.15, 0.2) is 0 Å². The van der Waals surface area contributed by atoms with Crippen LogP contribution < -0.4 is 10.1 Å². The largest absolute Gasteiger partial charge is 0.439 e. The average Bonchev–Trinajstić information content (AvgIpc) is 2.37. The summed E-state index contributed by atoms with van der Waals surface area (Å²) in [6.07, 6.45) is 1.82. The zero-order valence-electron chi connectivity index (χ0n) is 11.3. The maximum Gasteiger partial charge on any atom is 0.222 e. The molecule has 0 bridgehead atoms. The number of nitrogens with one attached hydrogen (secondary N) is 1. The zero-order valence-corrected chi connectivity index (χ0v) is 12.1. The SMILES string of the molecule is CNCc1cnc(Oc2ccc(Cl)c(C)c2)c(C)c1. The first kappa shape index (κ1) is 13.8. The number of hydrogen-bond acceptors (Lipinski definition) is 3. The zero-order chi connectivity index (χ0) is 13.8. The van der Waals surface area contributed by atoms with Crippen LogP contribution in [-0.4, -0.2) is 12.0 Å². The van der Waals surface area contributed by atoms with Crippen LogP contribution in [0.25, 0.3) is 0 Å². The lowest BCUT2D eigenvalue weighted by Crippen LogP contribution is -2.06. The van der Waals surface area contributed by atoms with Crippen molar-refractivity contribution >= 4 is 11.6 Å². The predicted molar refractivity (Wildman–Crippen MR) is 78.0 cm³/mol. The molecule has 0 saturated carbocycles. The third kappa shape index (κ3) is 3.46. The molecule has 0 aliphatic carbocycles. The maximum atomic E-state index is 5.99. The standard InChI is InChI=1S/C15H17ClN2O/c1-10-7-13(4-5-14(10)16)19-15-11(2)6-12(8-17-3)9-18-15/h4-7,9,17H,8H2,1-3H3. The van der Waals surface area contributed by atoms with Crippen molar-refractivity contribution in [3.05, 3.63) is 52.2 Å². The number of halogens is 1. The molecule has 4 heteroatoms. The molecule has 19 heavy (non-hydrogen) atoms. The van der Waals surface area contributed by atoms with E-state index in [-0.39, 0.29) is 0 Å². The summed E-state index contributed by atoms with van der Waals surface area (Å²) in [6.45, 7) is 4.74. The van der Waals surface area contributed by atoms with Crippen LogP contribution in [0.2, 0.25) is 5.02 Å². The molecule has 0 radical (unpaired) electrons. The molecule has 1 aromatic carbocycles. The van der Waals surface area contributed by atoms with E-state index < -0.39 is 0 Å². The minimum Gasteiger partial charge on any atom is -0.439 e. The number of hydrogen-bond donors (Lipinski definition) is 1. The first-order chi connectivity index (χ1) is 9.10. The topological polar surface area (TPSA) is 34.2 Å². The third-order valence-corrected chi connectivity index (χ3v) is 3.24. The van der Waals surface area contributed by atoms with Gasteiger partial charge in [-0.1, -0.05) is 11.6 Å². The summed E-state index contributed by atoms with van der Waals surface area (Å²) in [5, 5.41) is 3.84. The van der Waals surface area contributed by atoms with Crippen molar-refractivity contribution < 1.29 is 4.74 Å². The van der Waals surface area contributed by atoms with Crippen LogP contribution in [0.4, 0.5) is 0 Å². The van der Waals surface area contributed by atoms with Gasteiger partial charge in [-0.05, 0) is 56.3 Å². The summed E-state index contributed by atoms with van der Waals surface area (Å²) < 4.78 is 5.79. The maximum absolute atomic E-state index is 5.99. The third-order valence-electron chi connectivity index (χ3n) is 2.81. The molecule has 2 aromatic rings. The van der Waals surface area contributed by atoms with E-state index in [2.05, 4.69) is 16.4 Å². The minimum absolute atomic E-state index is 0.626. The molecule has 0 fully saturated rings. The van der Waals surface area contributed by atoms with E-state index in [9.17, 15) is 0 Å². The van der Waals surface area contributed by atoms with E-state index in [4.69, 9.17) is 16.3 Å². The van der Waals surface area contributed by atoms with Crippen molar-refractivity contribution in [1.29, 1.82) is 0 Å². The molecule has 0 aliphatic heterocycles. The Morgan fingerprint density at radius 1 is 1.21 bits per heavy atom. The molecule has 0 atom stereocenters. The van der Waals surface area contributed by atoms with Crippen molar-refractivity contribution in [1.82, 2.24) is 10.3 Å². The van der Waals surface area contributed by atoms with Crippen LogP contribution in [0.3, 0.4) is 0 Å². The molecule has 0 aliphatic rings. The molecule has 0 unspecified atom stereocenters. The second kappa shape index (κ2) is 6.04. The monoisotopic (exact) mass is 276 g/mol. The van der Waals surface area contributed by atoms with Gasteiger partial charge in [0.25, 0.3) is 0 Å². The second-order valence-electron chi connectivity index (χ2n) is 4.51. The van der Waals surface area contributed by atoms with E-state index in [0.717, 1.165) is 34.0 Å². The van der Waals surface area contributed by atoms with Crippen molar-refractivity contribution in [3.63, 3.8) is 0 Å². The first-order valence-electron chi connectivity index (χ1n) is 6.14. The van der Waals surface area contributed by atoms with Crippen LogP contribution in [0, 0.1) is 13.8 Å². The molecule has 0 spiro atoms. The molecule has 0 saturated heterocycles.